The van der Waals surface area contributed by atoms with Crippen LogP contribution >= 0.6 is 11.6 Å². The fourth-order valence-corrected chi connectivity index (χ4v) is 2.07. The second-order valence-corrected chi connectivity index (χ2v) is 4.83. The Bertz CT molecular complexity index is 674. The van der Waals surface area contributed by atoms with Crippen molar-refractivity contribution in [2.45, 2.75) is 6.92 Å². The fourth-order valence-electron chi connectivity index (χ4n) is 1.84. The highest BCUT2D eigenvalue weighted by Crippen LogP contribution is 2.37. The molecule has 0 unspecified atom stereocenters. The second-order valence-electron chi connectivity index (χ2n) is 4.43. The third-order valence-corrected chi connectivity index (χ3v) is 3.12. The number of halogens is 1. The quantitative estimate of drug-likeness (QED) is 0.882. The molecule has 0 aliphatic rings. The van der Waals surface area contributed by atoms with Gasteiger partial charge in [0.15, 0.2) is 0 Å². The van der Waals surface area contributed by atoms with Gasteiger partial charge in [0.1, 0.15) is 17.3 Å². The molecule has 0 aliphatic heterocycles. The van der Waals surface area contributed by atoms with E-state index in [1.807, 2.05) is 0 Å². The van der Waals surface area contributed by atoms with Crippen LogP contribution in [-0.2, 0) is 4.79 Å². The number of nitrogens with zero attached hydrogens (tertiary/aromatic N) is 1. The van der Waals surface area contributed by atoms with Crippen LogP contribution in [0.5, 0.6) is 11.5 Å². The predicted octanol–water partition coefficient (Wildman–Crippen LogP) is 3.45. The largest absolute Gasteiger partial charge is 0.495 e. The topological polar surface area (TPSA) is 72.5 Å². The number of nitrogens with one attached hydrogen (secondary N) is 2. The van der Waals surface area contributed by atoms with Gasteiger partial charge in [0.05, 0.1) is 36.8 Å². The van der Waals surface area contributed by atoms with Crippen LogP contribution in [0.3, 0.4) is 0 Å². The van der Waals surface area contributed by atoms with Crippen LogP contribution in [0.2, 0.25) is 5.02 Å². The van der Waals surface area contributed by atoms with Gasteiger partial charge in [0.25, 0.3) is 0 Å². The van der Waals surface area contributed by atoms with Crippen LogP contribution in [0.15, 0.2) is 30.5 Å². The van der Waals surface area contributed by atoms with Gasteiger partial charge in [-0.05, 0) is 12.1 Å². The van der Waals surface area contributed by atoms with E-state index in [9.17, 15) is 4.79 Å². The number of aromatic nitrogens is 1. The molecule has 2 aromatic rings. The number of amides is 1. The zero-order chi connectivity index (χ0) is 16.1. The summed E-state index contributed by atoms with van der Waals surface area (Å²) in [6.07, 6.45) is 1.56. The molecule has 0 atom stereocenters. The molecular weight excluding hydrogens is 306 g/mol. The normalized spacial score (nSPS) is 10.0. The minimum absolute atomic E-state index is 0.147. The van der Waals surface area contributed by atoms with E-state index < -0.39 is 0 Å². The van der Waals surface area contributed by atoms with E-state index >= 15 is 0 Å². The third kappa shape index (κ3) is 3.79. The smallest absolute Gasteiger partial charge is 0.221 e. The molecule has 0 saturated heterocycles. The van der Waals surface area contributed by atoms with Crippen molar-refractivity contribution >= 4 is 34.7 Å². The fraction of sp³-hybridized carbons (Fsp3) is 0.200. The molecule has 2 rings (SSSR count). The van der Waals surface area contributed by atoms with Crippen molar-refractivity contribution in [1.82, 2.24) is 4.98 Å². The first kappa shape index (κ1) is 15.9. The Balaban J connectivity index is 2.24. The summed E-state index contributed by atoms with van der Waals surface area (Å²) in [5.41, 5.74) is 1.29. The maximum atomic E-state index is 11.0. The lowest BCUT2D eigenvalue weighted by Gasteiger charge is -2.13. The first-order chi connectivity index (χ1) is 10.5. The molecule has 0 saturated carbocycles. The number of benzene rings is 1. The average Bonchev–Trinajstić information content (AvgIpc) is 2.50. The molecule has 7 heteroatoms. The molecule has 2 N–H and O–H groups in total. The molecule has 0 aliphatic carbocycles. The number of pyridine rings is 1. The van der Waals surface area contributed by atoms with Gasteiger partial charge in [-0.3, -0.25) is 4.79 Å². The summed E-state index contributed by atoms with van der Waals surface area (Å²) in [7, 11) is 3.09. The number of hydrogen-bond acceptors (Lipinski definition) is 5. The predicted molar refractivity (Wildman–Crippen MR) is 86.4 cm³/mol. The summed E-state index contributed by atoms with van der Waals surface area (Å²) in [5.74, 6) is 1.54. The van der Waals surface area contributed by atoms with E-state index in [1.54, 1.807) is 37.6 Å². The highest BCUT2D eigenvalue weighted by Gasteiger charge is 2.10. The van der Waals surface area contributed by atoms with Gasteiger partial charge >= 0.3 is 0 Å². The molecular formula is C15H16ClN3O3. The maximum Gasteiger partial charge on any atom is 0.221 e. The van der Waals surface area contributed by atoms with Gasteiger partial charge in [-0.2, -0.15) is 0 Å². The summed E-state index contributed by atoms with van der Waals surface area (Å²) in [4.78, 5) is 15.2. The van der Waals surface area contributed by atoms with Gasteiger partial charge < -0.3 is 20.1 Å². The van der Waals surface area contributed by atoms with E-state index in [4.69, 9.17) is 21.1 Å². The van der Waals surface area contributed by atoms with Gasteiger partial charge in [-0.1, -0.05) is 11.6 Å². The van der Waals surface area contributed by atoms with Crippen molar-refractivity contribution in [3.8, 4) is 11.5 Å². The molecule has 1 heterocycles. The average molecular weight is 322 g/mol. The zero-order valence-corrected chi connectivity index (χ0v) is 13.2. The minimum atomic E-state index is -0.147. The Kier molecular flexibility index (Phi) is 5.06. The standard InChI is InChI=1S/C15H16ClN3O3/c1-9(20)18-10-4-5-15(17-8-10)19-12-7-13(21-2)11(16)6-14(12)22-3/h4-8H,1-3H3,(H,17,19)(H,18,20). The Morgan fingerprint density at radius 3 is 2.45 bits per heavy atom. The molecule has 1 aromatic carbocycles. The summed E-state index contributed by atoms with van der Waals surface area (Å²) < 4.78 is 10.5. The van der Waals surface area contributed by atoms with Gasteiger partial charge in [-0.15, -0.1) is 0 Å². The van der Waals surface area contributed by atoms with Crippen LogP contribution in [0.4, 0.5) is 17.2 Å². The van der Waals surface area contributed by atoms with E-state index in [-0.39, 0.29) is 5.91 Å². The van der Waals surface area contributed by atoms with Crippen LogP contribution in [0.1, 0.15) is 6.92 Å². The van der Waals surface area contributed by atoms with Crippen molar-refractivity contribution in [3.05, 3.63) is 35.5 Å². The molecule has 116 valence electrons. The summed E-state index contributed by atoms with van der Waals surface area (Å²) in [5, 5.41) is 6.23. The van der Waals surface area contributed by atoms with E-state index in [0.717, 1.165) is 0 Å². The number of anilines is 3. The number of rotatable bonds is 5. The van der Waals surface area contributed by atoms with Gasteiger partial charge in [-0.25, -0.2) is 4.98 Å². The Hall–Kier alpha value is -2.47. The van der Waals surface area contributed by atoms with Crippen LogP contribution < -0.4 is 20.1 Å². The molecule has 1 aromatic heterocycles. The van der Waals surface area contributed by atoms with Crippen molar-refractivity contribution in [3.63, 3.8) is 0 Å². The second kappa shape index (κ2) is 7.00. The lowest BCUT2D eigenvalue weighted by atomic mass is 10.2. The lowest BCUT2D eigenvalue weighted by Crippen LogP contribution is -2.06. The van der Waals surface area contributed by atoms with Crippen LogP contribution in [0, 0.1) is 0 Å². The molecule has 22 heavy (non-hydrogen) atoms. The number of methoxy groups -OCH3 is 2. The molecule has 0 fully saturated rings. The Morgan fingerprint density at radius 2 is 1.91 bits per heavy atom. The maximum absolute atomic E-state index is 11.0. The number of carbonyl (C=O) groups excluding carboxylic acids is 1. The van der Waals surface area contributed by atoms with Crippen LogP contribution in [-0.4, -0.2) is 25.1 Å². The molecule has 0 bridgehead atoms. The Morgan fingerprint density at radius 1 is 1.18 bits per heavy atom. The first-order valence-corrected chi connectivity index (χ1v) is 6.83. The first-order valence-electron chi connectivity index (χ1n) is 6.45. The highest BCUT2D eigenvalue weighted by atomic mass is 35.5. The molecule has 0 spiro atoms. The van der Waals surface area contributed by atoms with Gasteiger partial charge in [0.2, 0.25) is 5.91 Å². The summed E-state index contributed by atoms with van der Waals surface area (Å²) in [6, 6.07) is 6.88. The summed E-state index contributed by atoms with van der Waals surface area (Å²) in [6.45, 7) is 1.44. The van der Waals surface area contributed by atoms with Crippen molar-refractivity contribution in [2.24, 2.45) is 0 Å². The van der Waals surface area contributed by atoms with E-state index in [2.05, 4.69) is 15.6 Å². The summed E-state index contributed by atoms with van der Waals surface area (Å²) >= 11 is 6.06. The van der Waals surface area contributed by atoms with Crippen molar-refractivity contribution in [1.29, 1.82) is 0 Å². The van der Waals surface area contributed by atoms with E-state index in [0.29, 0.717) is 33.7 Å². The molecule has 1 amide bonds. The minimum Gasteiger partial charge on any atom is -0.495 e. The van der Waals surface area contributed by atoms with Crippen molar-refractivity contribution < 1.29 is 14.3 Å². The van der Waals surface area contributed by atoms with E-state index in [1.165, 1.54) is 14.0 Å². The molecule has 0 radical (unpaired) electrons. The SMILES string of the molecule is COc1cc(Nc2ccc(NC(C)=O)cn2)c(OC)cc1Cl. The number of hydrogen-bond donors (Lipinski definition) is 2. The number of carbonyl (C=O) groups is 1. The van der Waals surface area contributed by atoms with Gasteiger partial charge in [0, 0.05) is 19.1 Å². The zero-order valence-electron chi connectivity index (χ0n) is 12.4. The van der Waals surface area contributed by atoms with Crippen molar-refractivity contribution in [2.75, 3.05) is 24.9 Å². The van der Waals surface area contributed by atoms with Crippen LogP contribution in [0.25, 0.3) is 0 Å². The molecule has 6 nitrogen and oxygen atoms in total. The third-order valence-electron chi connectivity index (χ3n) is 2.82. The Labute approximate surface area is 133 Å². The monoisotopic (exact) mass is 321 g/mol. The lowest BCUT2D eigenvalue weighted by molar-refractivity contribution is -0.114. The highest BCUT2D eigenvalue weighted by molar-refractivity contribution is 6.32. The number of ether oxygens (including phenoxy) is 2.